The second-order valence-corrected chi connectivity index (χ2v) is 8.66. The van der Waals surface area contributed by atoms with Gasteiger partial charge in [-0.2, -0.15) is 0 Å². The number of amides is 2. The first-order chi connectivity index (χ1) is 13.5. The molecule has 6 nitrogen and oxygen atoms in total. The summed E-state index contributed by atoms with van der Waals surface area (Å²) in [4.78, 5) is 29.0. The molecular weight excluding hydrogens is 354 g/mol. The lowest BCUT2D eigenvalue weighted by Crippen LogP contribution is -2.48. The Labute approximate surface area is 167 Å². The van der Waals surface area contributed by atoms with Crippen molar-refractivity contribution in [3.8, 4) is 0 Å². The summed E-state index contributed by atoms with van der Waals surface area (Å²) < 4.78 is 5.67. The lowest BCUT2D eigenvalue weighted by atomic mass is 10.0. The van der Waals surface area contributed by atoms with E-state index in [1.54, 1.807) is 4.90 Å². The number of nitrogens with one attached hydrogen (secondary N) is 1. The maximum atomic E-state index is 12.8. The van der Waals surface area contributed by atoms with Gasteiger partial charge in [-0.25, -0.2) is 0 Å². The standard InChI is InChI=1S/C22H31N3O3/c1-24(2)9-10-25(14-16-7-5-11-28-16)22(27)21(26)23-13-19-18-12-15-6-3-4-8-17(15)20(18)19/h3-4,6,8,16,18-20H,5,7,9-14H2,1-2H3,(H,23,26). The highest BCUT2D eigenvalue weighted by molar-refractivity contribution is 6.35. The lowest BCUT2D eigenvalue weighted by molar-refractivity contribution is -0.147. The van der Waals surface area contributed by atoms with Crippen molar-refractivity contribution in [1.82, 2.24) is 15.1 Å². The number of hydrogen-bond acceptors (Lipinski definition) is 4. The van der Waals surface area contributed by atoms with Gasteiger partial charge in [-0.05, 0) is 62.2 Å². The average molecular weight is 386 g/mol. The van der Waals surface area contributed by atoms with Gasteiger partial charge in [0, 0.05) is 32.8 Å². The molecule has 4 rings (SSSR count). The minimum atomic E-state index is -0.477. The fourth-order valence-electron chi connectivity index (χ4n) is 4.82. The summed E-state index contributed by atoms with van der Waals surface area (Å²) in [6, 6.07) is 8.59. The van der Waals surface area contributed by atoms with Gasteiger partial charge in [0.2, 0.25) is 0 Å². The van der Waals surface area contributed by atoms with Crippen LogP contribution < -0.4 is 5.32 Å². The summed E-state index contributed by atoms with van der Waals surface area (Å²) in [5.41, 5.74) is 2.88. The first-order valence-electron chi connectivity index (χ1n) is 10.5. The topological polar surface area (TPSA) is 61.9 Å². The third kappa shape index (κ3) is 4.08. The smallest absolute Gasteiger partial charge is 0.312 e. The molecule has 1 aromatic rings. The van der Waals surface area contributed by atoms with E-state index in [9.17, 15) is 9.59 Å². The number of nitrogens with zero attached hydrogens (tertiary/aromatic N) is 2. The minimum absolute atomic E-state index is 0.0539. The third-order valence-corrected chi connectivity index (χ3v) is 6.45. The van der Waals surface area contributed by atoms with Crippen LogP contribution in [-0.4, -0.2) is 74.6 Å². The highest BCUT2D eigenvalue weighted by Gasteiger charge is 2.55. The van der Waals surface area contributed by atoms with Crippen LogP contribution in [0.25, 0.3) is 0 Å². The Morgan fingerprint density at radius 3 is 2.79 bits per heavy atom. The molecule has 0 bridgehead atoms. The molecule has 2 fully saturated rings. The van der Waals surface area contributed by atoms with Crippen LogP contribution >= 0.6 is 0 Å². The highest BCUT2D eigenvalue weighted by atomic mass is 16.5. The van der Waals surface area contributed by atoms with Gasteiger partial charge in [-0.15, -0.1) is 0 Å². The molecule has 4 unspecified atom stereocenters. The van der Waals surface area contributed by atoms with Gasteiger partial charge in [0.15, 0.2) is 0 Å². The van der Waals surface area contributed by atoms with E-state index in [4.69, 9.17) is 4.74 Å². The predicted octanol–water partition coefficient (Wildman–Crippen LogP) is 1.26. The summed E-state index contributed by atoms with van der Waals surface area (Å²) >= 11 is 0. The SMILES string of the molecule is CN(C)CCN(CC1CCCO1)C(=O)C(=O)NCC1C2Cc3ccccc3C12. The van der Waals surface area contributed by atoms with Crippen molar-refractivity contribution in [3.05, 3.63) is 35.4 Å². The lowest BCUT2D eigenvalue weighted by Gasteiger charge is -2.26. The first kappa shape index (κ1) is 19.4. The molecule has 4 atom stereocenters. The maximum Gasteiger partial charge on any atom is 0.312 e. The number of fused-ring (bicyclic) bond motifs is 3. The molecule has 1 saturated carbocycles. The van der Waals surface area contributed by atoms with Gasteiger partial charge in [0.25, 0.3) is 0 Å². The van der Waals surface area contributed by atoms with Crippen molar-refractivity contribution in [1.29, 1.82) is 0 Å². The van der Waals surface area contributed by atoms with E-state index in [2.05, 4.69) is 29.6 Å². The van der Waals surface area contributed by atoms with Crippen LogP contribution in [0.5, 0.6) is 0 Å². The Hall–Kier alpha value is -1.92. The summed E-state index contributed by atoms with van der Waals surface area (Å²) in [5, 5.41) is 2.91. The van der Waals surface area contributed by atoms with E-state index >= 15 is 0 Å². The van der Waals surface area contributed by atoms with Gasteiger partial charge in [-0.3, -0.25) is 9.59 Å². The van der Waals surface area contributed by atoms with E-state index in [1.165, 1.54) is 11.1 Å². The second-order valence-electron chi connectivity index (χ2n) is 8.66. The molecule has 3 aliphatic rings. The van der Waals surface area contributed by atoms with Crippen LogP contribution in [0.3, 0.4) is 0 Å². The van der Waals surface area contributed by atoms with Crippen LogP contribution in [0.1, 0.15) is 29.9 Å². The van der Waals surface area contributed by atoms with E-state index in [1.807, 2.05) is 19.0 Å². The van der Waals surface area contributed by atoms with Crippen molar-refractivity contribution in [2.24, 2.45) is 11.8 Å². The van der Waals surface area contributed by atoms with Gasteiger partial charge < -0.3 is 19.9 Å². The van der Waals surface area contributed by atoms with E-state index < -0.39 is 11.8 Å². The number of benzene rings is 1. The zero-order chi connectivity index (χ0) is 19.7. The van der Waals surface area contributed by atoms with Gasteiger partial charge in [-0.1, -0.05) is 24.3 Å². The largest absolute Gasteiger partial charge is 0.376 e. The molecule has 28 heavy (non-hydrogen) atoms. The van der Waals surface area contributed by atoms with Crippen LogP contribution in [-0.2, 0) is 20.7 Å². The number of hydrogen-bond donors (Lipinski definition) is 1. The van der Waals surface area contributed by atoms with E-state index in [0.717, 1.165) is 32.4 Å². The monoisotopic (exact) mass is 385 g/mol. The summed E-state index contributed by atoms with van der Waals surface area (Å²) in [6.45, 7) is 3.12. The number of ether oxygens (including phenoxy) is 1. The molecule has 0 aromatic heterocycles. The number of carbonyl (C=O) groups excluding carboxylic acids is 2. The molecular formula is C22H31N3O3. The number of likely N-dealkylation sites (N-methyl/N-ethyl adjacent to an activating group) is 1. The van der Waals surface area contributed by atoms with Crippen LogP contribution in [0.2, 0.25) is 0 Å². The van der Waals surface area contributed by atoms with Crippen molar-refractivity contribution in [3.63, 3.8) is 0 Å². The Kier molecular flexibility index (Phi) is 5.69. The molecule has 0 spiro atoms. The number of rotatable bonds is 7. The molecule has 1 heterocycles. The van der Waals surface area contributed by atoms with Crippen LogP contribution in [0.4, 0.5) is 0 Å². The van der Waals surface area contributed by atoms with Gasteiger partial charge in [0.05, 0.1) is 6.10 Å². The Morgan fingerprint density at radius 1 is 1.21 bits per heavy atom. The number of carbonyl (C=O) groups is 2. The van der Waals surface area contributed by atoms with Crippen LogP contribution in [0, 0.1) is 11.8 Å². The first-order valence-corrected chi connectivity index (χ1v) is 10.5. The Bertz CT molecular complexity index is 729. The zero-order valence-corrected chi connectivity index (χ0v) is 16.9. The van der Waals surface area contributed by atoms with Gasteiger partial charge >= 0.3 is 11.8 Å². The highest BCUT2D eigenvalue weighted by Crippen LogP contribution is 2.60. The maximum absolute atomic E-state index is 12.8. The van der Waals surface area contributed by atoms with E-state index in [-0.39, 0.29) is 6.10 Å². The Morgan fingerprint density at radius 2 is 2.04 bits per heavy atom. The fourth-order valence-corrected chi connectivity index (χ4v) is 4.82. The van der Waals surface area contributed by atoms with Gasteiger partial charge in [0.1, 0.15) is 0 Å². The second kappa shape index (κ2) is 8.21. The van der Waals surface area contributed by atoms with Crippen molar-refractivity contribution < 1.29 is 14.3 Å². The molecule has 1 aliphatic heterocycles. The predicted molar refractivity (Wildman–Crippen MR) is 107 cm³/mol. The fraction of sp³-hybridized carbons (Fsp3) is 0.636. The normalized spacial score (nSPS) is 27.4. The summed E-state index contributed by atoms with van der Waals surface area (Å²) in [5.74, 6) is 0.756. The third-order valence-electron chi connectivity index (χ3n) is 6.45. The molecule has 2 amide bonds. The quantitative estimate of drug-likeness (QED) is 0.718. The Balaban J connectivity index is 1.29. The molecule has 1 aromatic carbocycles. The van der Waals surface area contributed by atoms with E-state index in [0.29, 0.717) is 37.4 Å². The summed E-state index contributed by atoms with van der Waals surface area (Å²) in [7, 11) is 3.94. The molecule has 2 aliphatic carbocycles. The molecule has 1 N–H and O–H groups in total. The molecule has 0 radical (unpaired) electrons. The van der Waals surface area contributed by atoms with Crippen LogP contribution in [0.15, 0.2) is 24.3 Å². The summed E-state index contributed by atoms with van der Waals surface area (Å²) in [6.07, 6.45) is 3.14. The average Bonchev–Trinajstić information content (AvgIpc) is 3.03. The van der Waals surface area contributed by atoms with Crippen molar-refractivity contribution in [2.45, 2.75) is 31.3 Å². The molecule has 152 valence electrons. The minimum Gasteiger partial charge on any atom is -0.376 e. The van der Waals surface area contributed by atoms with Crippen molar-refractivity contribution in [2.75, 3.05) is 46.9 Å². The zero-order valence-electron chi connectivity index (χ0n) is 16.9. The molecule has 6 heteroatoms. The van der Waals surface area contributed by atoms with Crippen molar-refractivity contribution >= 4 is 11.8 Å². The molecule has 1 saturated heterocycles.